The molecule has 0 bridgehead atoms. The molecule has 3 aromatic carbocycles. The van der Waals surface area contributed by atoms with E-state index in [0.717, 1.165) is 22.0 Å². The highest BCUT2D eigenvalue weighted by Crippen LogP contribution is 2.41. The van der Waals surface area contributed by atoms with Crippen molar-refractivity contribution < 1.29 is 28.9 Å². The van der Waals surface area contributed by atoms with E-state index in [9.17, 15) is 14.7 Å². The molecule has 2 aliphatic heterocycles. The Bertz CT molecular complexity index is 1690. The number of carbonyl (C=O) groups excluding carboxylic acids is 2. The number of rotatable bonds is 6. The number of H-pyrrole nitrogens is 1. The molecule has 4 aromatic rings. The zero-order valence-electron chi connectivity index (χ0n) is 24.6. The SMILES string of the molecule is CC(C)(C)OC(=O)N1CCN(Cc2c(O)ccc3c2O/C(=C\c2c[nH]c4c(OCc5ccccc5)cccc24)C3=O)CC1. The number of nitrogens with zero attached hydrogens (tertiary/aromatic N) is 2. The number of ketones is 1. The predicted molar refractivity (Wildman–Crippen MR) is 163 cm³/mol. The van der Waals surface area contributed by atoms with Crippen LogP contribution in [-0.4, -0.2) is 63.5 Å². The Labute approximate surface area is 250 Å². The van der Waals surface area contributed by atoms with Gasteiger partial charge in [0.2, 0.25) is 5.78 Å². The largest absolute Gasteiger partial charge is 0.507 e. The number of hydrogen-bond donors (Lipinski definition) is 2. The van der Waals surface area contributed by atoms with Gasteiger partial charge in [0.05, 0.1) is 16.6 Å². The van der Waals surface area contributed by atoms with Crippen molar-refractivity contribution in [1.82, 2.24) is 14.8 Å². The van der Waals surface area contributed by atoms with E-state index >= 15 is 0 Å². The molecular formula is C34H35N3O6. The van der Waals surface area contributed by atoms with Gasteiger partial charge in [-0.15, -0.1) is 0 Å². The Hall–Kier alpha value is -4.76. The summed E-state index contributed by atoms with van der Waals surface area (Å²) in [6.45, 7) is 8.58. The van der Waals surface area contributed by atoms with Gasteiger partial charge in [0.1, 0.15) is 29.5 Å². The molecule has 1 saturated heterocycles. The molecule has 2 N–H and O–H groups in total. The summed E-state index contributed by atoms with van der Waals surface area (Å²) in [4.78, 5) is 32.9. The van der Waals surface area contributed by atoms with Gasteiger partial charge in [-0.2, -0.15) is 0 Å². The lowest BCUT2D eigenvalue weighted by molar-refractivity contribution is 0.0137. The summed E-state index contributed by atoms with van der Waals surface area (Å²) in [6.07, 6.45) is 3.23. The Kier molecular flexibility index (Phi) is 7.58. The molecule has 6 rings (SSSR count). The number of aromatic nitrogens is 1. The molecule has 0 atom stereocenters. The van der Waals surface area contributed by atoms with Crippen LogP contribution in [0, 0.1) is 0 Å². The third kappa shape index (κ3) is 6.08. The van der Waals surface area contributed by atoms with Gasteiger partial charge < -0.3 is 29.2 Å². The highest BCUT2D eigenvalue weighted by molar-refractivity contribution is 6.15. The summed E-state index contributed by atoms with van der Waals surface area (Å²) in [5.74, 6) is 1.10. The minimum Gasteiger partial charge on any atom is -0.507 e. The minimum absolute atomic E-state index is 0.0645. The number of phenolic OH excluding ortho intramolecular Hbond substituents is 1. The average molecular weight is 582 g/mol. The molecule has 43 heavy (non-hydrogen) atoms. The van der Waals surface area contributed by atoms with Crippen LogP contribution in [0.4, 0.5) is 4.79 Å². The standard InChI is InChI=1S/C34H35N3O6/c1-34(2,3)43-33(40)37-16-14-36(15-17-37)20-26-27(38)13-12-25-31(39)29(42-32(25)26)18-23-19-35-30-24(23)10-7-11-28(30)41-21-22-8-5-4-6-9-22/h4-13,18-19,35,38H,14-17,20-21H2,1-3H3/b29-18-. The molecule has 2 aliphatic rings. The summed E-state index contributed by atoms with van der Waals surface area (Å²) < 4.78 is 17.7. The van der Waals surface area contributed by atoms with Crippen LogP contribution in [0.5, 0.6) is 17.2 Å². The number of nitrogens with one attached hydrogen (secondary N) is 1. The maximum Gasteiger partial charge on any atom is 0.410 e. The van der Waals surface area contributed by atoms with Crippen molar-refractivity contribution in [3.63, 3.8) is 0 Å². The zero-order chi connectivity index (χ0) is 30.1. The fourth-order valence-corrected chi connectivity index (χ4v) is 5.35. The number of fused-ring (bicyclic) bond motifs is 2. The molecule has 0 saturated carbocycles. The molecule has 0 unspecified atom stereocenters. The Morgan fingerprint density at radius 2 is 1.79 bits per heavy atom. The van der Waals surface area contributed by atoms with Crippen molar-refractivity contribution in [3.05, 3.63) is 94.9 Å². The lowest BCUT2D eigenvalue weighted by Crippen LogP contribution is -2.49. The van der Waals surface area contributed by atoms with Crippen molar-refractivity contribution in [1.29, 1.82) is 0 Å². The smallest absolute Gasteiger partial charge is 0.410 e. The minimum atomic E-state index is -0.551. The second-order valence-corrected chi connectivity index (χ2v) is 11.8. The van der Waals surface area contributed by atoms with E-state index in [-0.39, 0.29) is 23.4 Å². The summed E-state index contributed by atoms with van der Waals surface area (Å²) in [5.41, 5.74) is 3.11. The number of benzene rings is 3. The molecule has 1 aromatic heterocycles. The lowest BCUT2D eigenvalue weighted by atomic mass is 10.0. The summed E-state index contributed by atoms with van der Waals surface area (Å²) in [5, 5.41) is 11.7. The van der Waals surface area contributed by atoms with Crippen LogP contribution in [0.2, 0.25) is 0 Å². The van der Waals surface area contributed by atoms with Crippen molar-refractivity contribution in [3.8, 4) is 17.2 Å². The number of Topliss-reactive ketones (excluding diaryl/α,β-unsaturated/α-hetero) is 1. The Morgan fingerprint density at radius 3 is 2.53 bits per heavy atom. The number of phenols is 1. The molecule has 0 radical (unpaired) electrons. The number of amides is 1. The van der Waals surface area contributed by atoms with Crippen LogP contribution in [0.1, 0.15) is 47.8 Å². The number of aromatic hydroxyl groups is 1. The number of piperazine rings is 1. The molecule has 9 nitrogen and oxygen atoms in total. The van der Waals surface area contributed by atoms with E-state index in [0.29, 0.717) is 62.0 Å². The first-order chi connectivity index (χ1) is 20.7. The van der Waals surface area contributed by atoms with Gasteiger partial charge in [0.15, 0.2) is 5.76 Å². The van der Waals surface area contributed by atoms with Crippen molar-refractivity contribution in [2.75, 3.05) is 26.2 Å². The fraction of sp³-hybridized carbons (Fsp3) is 0.294. The van der Waals surface area contributed by atoms with E-state index in [1.54, 1.807) is 17.0 Å². The van der Waals surface area contributed by atoms with Gasteiger partial charge in [-0.3, -0.25) is 9.69 Å². The second kappa shape index (κ2) is 11.5. The molecular weight excluding hydrogens is 546 g/mol. The van der Waals surface area contributed by atoms with Gasteiger partial charge in [0.25, 0.3) is 0 Å². The molecule has 1 amide bonds. The first-order valence-electron chi connectivity index (χ1n) is 14.4. The van der Waals surface area contributed by atoms with Crippen LogP contribution >= 0.6 is 0 Å². The van der Waals surface area contributed by atoms with E-state index in [1.165, 1.54) is 6.07 Å². The third-order valence-electron chi connectivity index (χ3n) is 7.55. The van der Waals surface area contributed by atoms with Crippen LogP contribution in [0.15, 0.2) is 72.6 Å². The van der Waals surface area contributed by atoms with Crippen molar-refractivity contribution in [2.24, 2.45) is 0 Å². The molecule has 0 aliphatic carbocycles. The maximum absolute atomic E-state index is 13.4. The summed E-state index contributed by atoms with van der Waals surface area (Å²) >= 11 is 0. The first-order valence-corrected chi connectivity index (χ1v) is 14.4. The first kappa shape index (κ1) is 28.4. The number of aromatic amines is 1. The third-order valence-corrected chi connectivity index (χ3v) is 7.55. The number of para-hydroxylation sites is 1. The highest BCUT2D eigenvalue weighted by atomic mass is 16.6. The molecule has 0 spiro atoms. The number of carbonyl (C=O) groups is 2. The predicted octanol–water partition coefficient (Wildman–Crippen LogP) is 6.12. The topological polar surface area (TPSA) is 104 Å². The summed E-state index contributed by atoms with van der Waals surface area (Å²) in [7, 11) is 0. The van der Waals surface area contributed by atoms with Gasteiger partial charge >= 0.3 is 6.09 Å². The van der Waals surface area contributed by atoms with E-state index in [2.05, 4.69) is 9.88 Å². The van der Waals surface area contributed by atoms with Crippen molar-refractivity contribution >= 4 is 28.9 Å². The quantitative estimate of drug-likeness (QED) is 0.264. The van der Waals surface area contributed by atoms with Gasteiger partial charge in [-0.25, -0.2) is 4.79 Å². The zero-order valence-corrected chi connectivity index (χ0v) is 24.6. The van der Waals surface area contributed by atoms with Crippen LogP contribution in [0.3, 0.4) is 0 Å². The molecule has 222 valence electrons. The van der Waals surface area contributed by atoms with Gasteiger partial charge in [0, 0.05) is 49.9 Å². The molecule has 9 heteroatoms. The van der Waals surface area contributed by atoms with Gasteiger partial charge in [-0.05, 0) is 50.6 Å². The second-order valence-electron chi connectivity index (χ2n) is 11.8. The fourth-order valence-electron chi connectivity index (χ4n) is 5.35. The number of ether oxygens (including phenoxy) is 3. The highest BCUT2D eigenvalue weighted by Gasteiger charge is 2.33. The number of allylic oxidation sites excluding steroid dienone is 1. The molecule has 1 fully saturated rings. The lowest BCUT2D eigenvalue weighted by Gasteiger charge is -2.35. The van der Waals surface area contributed by atoms with Crippen molar-refractivity contribution in [2.45, 2.75) is 39.5 Å². The Balaban J connectivity index is 1.18. The Morgan fingerprint density at radius 1 is 1.02 bits per heavy atom. The van der Waals surface area contributed by atoms with E-state index in [1.807, 2.05) is 75.5 Å². The average Bonchev–Trinajstić information content (AvgIpc) is 3.54. The van der Waals surface area contributed by atoms with Gasteiger partial charge in [-0.1, -0.05) is 42.5 Å². The van der Waals surface area contributed by atoms with Crippen LogP contribution < -0.4 is 9.47 Å². The molecule has 3 heterocycles. The number of hydrogen-bond acceptors (Lipinski definition) is 7. The monoisotopic (exact) mass is 581 g/mol. The van der Waals surface area contributed by atoms with E-state index in [4.69, 9.17) is 14.2 Å². The summed E-state index contributed by atoms with van der Waals surface area (Å²) in [6, 6.07) is 18.9. The van der Waals surface area contributed by atoms with Crippen LogP contribution in [-0.2, 0) is 17.9 Å². The normalized spacial score (nSPS) is 16.4. The van der Waals surface area contributed by atoms with Crippen LogP contribution in [0.25, 0.3) is 17.0 Å². The van der Waals surface area contributed by atoms with E-state index < -0.39 is 5.60 Å². The maximum atomic E-state index is 13.4.